The molecule has 0 saturated carbocycles. The van der Waals surface area contributed by atoms with Gasteiger partial charge in [-0.25, -0.2) is 9.97 Å². The predicted molar refractivity (Wildman–Crippen MR) is 128 cm³/mol. The van der Waals surface area contributed by atoms with Crippen molar-refractivity contribution >= 4 is 28.1 Å². The van der Waals surface area contributed by atoms with Gasteiger partial charge in [-0.2, -0.15) is 0 Å². The van der Waals surface area contributed by atoms with Crippen LogP contribution in [-0.4, -0.2) is 32.5 Å². The summed E-state index contributed by atoms with van der Waals surface area (Å²) in [5.74, 6) is 2.64. The summed E-state index contributed by atoms with van der Waals surface area (Å²) >= 11 is 1.75. The maximum Gasteiger partial charge on any atom is 0.250 e. The highest BCUT2D eigenvalue weighted by Crippen LogP contribution is 2.35. The number of aromatic nitrogens is 3. The van der Waals surface area contributed by atoms with Gasteiger partial charge in [0.2, 0.25) is 0 Å². The van der Waals surface area contributed by atoms with E-state index in [0.717, 1.165) is 61.7 Å². The highest BCUT2D eigenvalue weighted by molar-refractivity contribution is 7.09. The fourth-order valence-corrected chi connectivity index (χ4v) is 5.88. The molecular formula is C25H25N5OS. The molecule has 4 aromatic rings. The van der Waals surface area contributed by atoms with Crippen molar-refractivity contribution in [3.05, 3.63) is 86.7 Å². The van der Waals surface area contributed by atoms with Gasteiger partial charge in [0, 0.05) is 47.6 Å². The molecule has 1 fully saturated rings. The largest absolute Gasteiger partial charge is 0.365 e. The molecule has 7 heteroatoms. The molecule has 0 spiro atoms. The van der Waals surface area contributed by atoms with Crippen molar-refractivity contribution in [2.45, 2.75) is 32.0 Å². The van der Waals surface area contributed by atoms with E-state index in [0.29, 0.717) is 11.8 Å². The molecule has 6 rings (SSSR count). The van der Waals surface area contributed by atoms with E-state index in [1.165, 1.54) is 10.6 Å². The number of thiophene rings is 1. The molecule has 32 heavy (non-hydrogen) atoms. The zero-order valence-corrected chi connectivity index (χ0v) is 18.6. The zero-order chi connectivity index (χ0) is 21.5. The lowest BCUT2D eigenvalue weighted by atomic mass is 9.83. The second-order valence-corrected chi connectivity index (χ2v) is 9.86. The zero-order valence-electron chi connectivity index (χ0n) is 17.8. The van der Waals surface area contributed by atoms with Gasteiger partial charge in [-0.05, 0) is 42.0 Å². The van der Waals surface area contributed by atoms with Crippen LogP contribution in [0.15, 0.2) is 64.8 Å². The summed E-state index contributed by atoms with van der Waals surface area (Å²) in [7, 11) is 0. The molecule has 162 valence electrons. The van der Waals surface area contributed by atoms with Crippen LogP contribution in [0.3, 0.4) is 0 Å². The van der Waals surface area contributed by atoms with Gasteiger partial charge >= 0.3 is 0 Å². The summed E-state index contributed by atoms with van der Waals surface area (Å²) in [5.41, 5.74) is 2.28. The molecule has 3 aromatic heterocycles. The van der Waals surface area contributed by atoms with Crippen LogP contribution >= 0.6 is 11.3 Å². The van der Waals surface area contributed by atoms with E-state index in [4.69, 9.17) is 9.97 Å². The van der Waals surface area contributed by atoms with Crippen LogP contribution in [0.2, 0.25) is 0 Å². The number of likely N-dealkylation sites (tertiary alicyclic amines) is 1. The van der Waals surface area contributed by atoms with E-state index >= 15 is 0 Å². The average Bonchev–Trinajstić information content (AvgIpc) is 3.32. The molecular weight excluding hydrogens is 418 g/mol. The normalized spacial score (nSPS) is 20.2. The lowest BCUT2D eigenvalue weighted by molar-refractivity contribution is 0.112. The quantitative estimate of drug-likeness (QED) is 0.504. The number of rotatable bonds is 5. The summed E-state index contributed by atoms with van der Waals surface area (Å²) in [6, 6.07) is 18.1. The number of nitrogens with zero attached hydrogens (tertiary/aromatic N) is 4. The van der Waals surface area contributed by atoms with Crippen molar-refractivity contribution in [3.63, 3.8) is 0 Å². The van der Waals surface area contributed by atoms with Crippen molar-refractivity contribution in [1.29, 1.82) is 0 Å². The second kappa shape index (κ2) is 8.15. The van der Waals surface area contributed by atoms with Gasteiger partial charge in [0.25, 0.3) is 5.56 Å². The molecule has 1 N–H and O–H groups in total. The summed E-state index contributed by atoms with van der Waals surface area (Å²) in [5, 5.41) is 6.68. The Kier molecular flexibility index (Phi) is 5.00. The van der Waals surface area contributed by atoms with Gasteiger partial charge in [0.15, 0.2) is 0 Å². The van der Waals surface area contributed by atoms with E-state index in [2.05, 4.69) is 45.9 Å². The lowest BCUT2D eigenvalue weighted by Crippen LogP contribution is -2.46. The van der Waals surface area contributed by atoms with Crippen molar-refractivity contribution in [1.82, 2.24) is 19.4 Å². The van der Waals surface area contributed by atoms with E-state index in [9.17, 15) is 4.79 Å². The van der Waals surface area contributed by atoms with Gasteiger partial charge in [0.1, 0.15) is 11.6 Å². The number of anilines is 1. The minimum absolute atomic E-state index is 0.130. The van der Waals surface area contributed by atoms with Crippen LogP contribution in [0.25, 0.3) is 10.9 Å². The van der Waals surface area contributed by atoms with Gasteiger partial charge in [-0.3, -0.25) is 9.69 Å². The fraction of sp³-hybridized carbons (Fsp3) is 0.320. The first-order valence-corrected chi connectivity index (χ1v) is 12.0. The van der Waals surface area contributed by atoms with Crippen molar-refractivity contribution < 1.29 is 0 Å². The Labute approximate surface area is 190 Å². The topological polar surface area (TPSA) is 63.1 Å². The second-order valence-electron chi connectivity index (χ2n) is 8.83. The summed E-state index contributed by atoms with van der Waals surface area (Å²) in [6.45, 7) is 4.22. The van der Waals surface area contributed by atoms with Gasteiger partial charge in [-0.15, -0.1) is 11.3 Å². The van der Waals surface area contributed by atoms with Crippen molar-refractivity contribution in [2.75, 3.05) is 18.4 Å². The van der Waals surface area contributed by atoms with E-state index in [-0.39, 0.29) is 5.56 Å². The van der Waals surface area contributed by atoms with E-state index < -0.39 is 0 Å². The molecule has 2 aliphatic heterocycles. The third kappa shape index (κ3) is 3.72. The maximum atomic E-state index is 12.3. The minimum Gasteiger partial charge on any atom is -0.365 e. The molecule has 0 radical (unpaired) electrons. The third-order valence-electron chi connectivity index (χ3n) is 6.58. The number of hydrogen-bond donors (Lipinski definition) is 1. The molecule has 5 heterocycles. The first kappa shape index (κ1) is 19.6. The summed E-state index contributed by atoms with van der Waals surface area (Å²) in [4.78, 5) is 25.9. The van der Waals surface area contributed by atoms with Crippen molar-refractivity contribution in [2.24, 2.45) is 5.92 Å². The first-order chi connectivity index (χ1) is 15.7. The number of piperidine rings is 1. The summed E-state index contributed by atoms with van der Waals surface area (Å²) < 4.78 is 1.98. The number of hydrogen-bond acceptors (Lipinski definition) is 6. The van der Waals surface area contributed by atoms with Gasteiger partial charge in [0.05, 0.1) is 18.6 Å². The molecule has 0 aliphatic carbocycles. The molecule has 1 aromatic carbocycles. The molecule has 1 saturated heterocycles. The lowest BCUT2D eigenvalue weighted by Gasteiger charge is -2.42. The maximum absolute atomic E-state index is 12.3. The molecule has 2 atom stereocenters. The van der Waals surface area contributed by atoms with Gasteiger partial charge < -0.3 is 9.88 Å². The third-order valence-corrected chi connectivity index (χ3v) is 7.46. The van der Waals surface area contributed by atoms with E-state index in [1.54, 1.807) is 17.4 Å². The Morgan fingerprint density at radius 2 is 1.94 bits per heavy atom. The van der Waals surface area contributed by atoms with Crippen LogP contribution in [0, 0.1) is 5.92 Å². The summed E-state index contributed by atoms with van der Waals surface area (Å²) in [6.07, 6.45) is 1.16. The molecule has 6 nitrogen and oxygen atoms in total. The highest BCUT2D eigenvalue weighted by atomic mass is 32.1. The predicted octanol–water partition coefficient (Wildman–Crippen LogP) is 4.08. The van der Waals surface area contributed by atoms with Crippen LogP contribution in [0.5, 0.6) is 0 Å². The van der Waals surface area contributed by atoms with Crippen LogP contribution < -0.4 is 10.9 Å². The number of benzene rings is 1. The fourth-order valence-electron chi connectivity index (χ4n) is 5.24. The molecule has 0 amide bonds. The Balaban J connectivity index is 1.26. The molecule has 2 bridgehead atoms. The molecule has 0 unspecified atom stereocenters. The van der Waals surface area contributed by atoms with Crippen molar-refractivity contribution in [3.8, 4) is 0 Å². The van der Waals surface area contributed by atoms with Gasteiger partial charge in [-0.1, -0.05) is 24.3 Å². The SMILES string of the molecule is O=c1cccc2n1C[C@H]1C[C@H]2CN(Cc2nc(NCc3cccs3)c3ccccc3n2)C1. The smallest absolute Gasteiger partial charge is 0.250 e. The standard InChI is InChI=1S/C25H25N5OS/c31-24-9-3-8-22-18-11-17(14-30(22)24)13-29(15-18)16-23-27-21-7-2-1-6-20(21)25(28-23)26-12-19-5-4-10-32-19/h1-10,17-18H,11-16H2,(H,26,27,28)/t17-,18-/m0/s1. The monoisotopic (exact) mass is 443 g/mol. The van der Waals surface area contributed by atoms with Crippen LogP contribution in [0.4, 0.5) is 5.82 Å². The average molecular weight is 444 g/mol. The van der Waals surface area contributed by atoms with Crippen LogP contribution in [0.1, 0.15) is 28.7 Å². The Bertz CT molecular complexity index is 1320. The van der Waals surface area contributed by atoms with Crippen LogP contribution in [-0.2, 0) is 19.6 Å². The number of fused-ring (bicyclic) bond motifs is 5. The number of para-hydroxylation sites is 1. The van der Waals surface area contributed by atoms with E-state index in [1.807, 2.05) is 22.8 Å². The number of nitrogens with one attached hydrogen (secondary N) is 1. The first-order valence-electron chi connectivity index (χ1n) is 11.2. The molecule has 2 aliphatic rings. The number of pyridine rings is 1. The Morgan fingerprint density at radius 3 is 2.84 bits per heavy atom. The Hall–Kier alpha value is -3.03. The minimum atomic E-state index is 0.130. The highest BCUT2D eigenvalue weighted by Gasteiger charge is 2.34. The Morgan fingerprint density at radius 1 is 1.00 bits per heavy atom.